The summed E-state index contributed by atoms with van der Waals surface area (Å²) in [5.41, 5.74) is 1.93. The van der Waals surface area contributed by atoms with Gasteiger partial charge in [0.2, 0.25) is 5.95 Å². The van der Waals surface area contributed by atoms with E-state index in [1.54, 1.807) is 7.11 Å². The third kappa shape index (κ3) is 3.47. The van der Waals surface area contributed by atoms with Gasteiger partial charge in [-0.15, -0.1) is 0 Å². The average molecular weight is 298 g/mol. The standard InChI is InChI=1S/C17H22N4O/c1-13-11-16(19-14-7-6-8-15(12-14)22-2)20-17(18-13)21-9-4-3-5-10-21/h6-8,11-12H,3-5,9-10H2,1-2H3,(H,18,19,20). The first kappa shape index (κ1) is 14.6. The molecular formula is C17H22N4O. The van der Waals surface area contributed by atoms with E-state index in [0.717, 1.165) is 42.0 Å². The zero-order valence-electron chi connectivity index (χ0n) is 13.2. The van der Waals surface area contributed by atoms with Crippen molar-refractivity contribution in [2.75, 3.05) is 30.4 Å². The molecule has 5 nitrogen and oxygen atoms in total. The number of rotatable bonds is 4. The minimum Gasteiger partial charge on any atom is -0.497 e. The molecule has 2 aromatic rings. The molecule has 3 rings (SSSR count). The maximum Gasteiger partial charge on any atom is 0.227 e. The van der Waals surface area contributed by atoms with Crippen LogP contribution in [0.15, 0.2) is 30.3 Å². The number of methoxy groups -OCH3 is 1. The van der Waals surface area contributed by atoms with Crippen molar-refractivity contribution in [1.82, 2.24) is 9.97 Å². The van der Waals surface area contributed by atoms with Crippen LogP contribution < -0.4 is 15.0 Å². The fraction of sp³-hybridized carbons (Fsp3) is 0.412. The predicted molar refractivity (Wildman–Crippen MR) is 89.1 cm³/mol. The third-order valence-corrected chi connectivity index (χ3v) is 3.82. The minimum absolute atomic E-state index is 0.821. The molecule has 0 atom stereocenters. The van der Waals surface area contributed by atoms with E-state index < -0.39 is 0 Å². The van der Waals surface area contributed by atoms with Crippen molar-refractivity contribution in [1.29, 1.82) is 0 Å². The highest BCUT2D eigenvalue weighted by Crippen LogP contribution is 2.23. The van der Waals surface area contributed by atoms with Crippen LogP contribution in [0.5, 0.6) is 5.75 Å². The monoisotopic (exact) mass is 298 g/mol. The van der Waals surface area contributed by atoms with Gasteiger partial charge in [0.1, 0.15) is 11.6 Å². The molecule has 1 aliphatic heterocycles. The number of hydrogen-bond acceptors (Lipinski definition) is 5. The van der Waals surface area contributed by atoms with Crippen LogP contribution in [-0.4, -0.2) is 30.2 Å². The van der Waals surface area contributed by atoms with Gasteiger partial charge in [0.25, 0.3) is 0 Å². The first-order valence-electron chi connectivity index (χ1n) is 7.76. The highest BCUT2D eigenvalue weighted by atomic mass is 16.5. The number of aryl methyl sites for hydroxylation is 1. The zero-order valence-corrected chi connectivity index (χ0v) is 13.2. The number of hydrogen-bond donors (Lipinski definition) is 1. The van der Waals surface area contributed by atoms with Gasteiger partial charge in [-0.25, -0.2) is 4.98 Å². The summed E-state index contributed by atoms with van der Waals surface area (Å²) in [6, 6.07) is 9.81. The Kier molecular flexibility index (Phi) is 4.42. The quantitative estimate of drug-likeness (QED) is 0.936. The molecule has 2 heterocycles. The average Bonchev–Trinajstić information content (AvgIpc) is 2.55. The number of ether oxygens (including phenoxy) is 1. The molecule has 1 saturated heterocycles. The lowest BCUT2D eigenvalue weighted by Crippen LogP contribution is -2.31. The van der Waals surface area contributed by atoms with Gasteiger partial charge in [0.15, 0.2) is 0 Å². The van der Waals surface area contributed by atoms with Gasteiger partial charge in [-0.1, -0.05) is 6.07 Å². The van der Waals surface area contributed by atoms with Crippen molar-refractivity contribution in [2.45, 2.75) is 26.2 Å². The molecule has 0 spiro atoms. The van der Waals surface area contributed by atoms with Crippen LogP contribution in [0.4, 0.5) is 17.5 Å². The second kappa shape index (κ2) is 6.64. The smallest absolute Gasteiger partial charge is 0.227 e. The van der Waals surface area contributed by atoms with Gasteiger partial charge in [-0.05, 0) is 38.3 Å². The maximum absolute atomic E-state index is 5.25. The predicted octanol–water partition coefficient (Wildman–Crippen LogP) is 3.53. The van der Waals surface area contributed by atoms with Crippen molar-refractivity contribution in [3.63, 3.8) is 0 Å². The molecule has 1 fully saturated rings. The van der Waals surface area contributed by atoms with Crippen LogP contribution in [0.3, 0.4) is 0 Å². The topological polar surface area (TPSA) is 50.3 Å². The van der Waals surface area contributed by atoms with Crippen LogP contribution in [0.1, 0.15) is 25.0 Å². The minimum atomic E-state index is 0.821. The Hall–Kier alpha value is -2.30. The number of piperidine rings is 1. The van der Waals surface area contributed by atoms with E-state index in [-0.39, 0.29) is 0 Å². The van der Waals surface area contributed by atoms with Gasteiger partial charge < -0.3 is 15.0 Å². The van der Waals surface area contributed by atoms with E-state index in [0.29, 0.717) is 0 Å². The molecule has 0 saturated carbocycles. The normalized spacial score (nSPS) is 14.7. The summed E-state index contributed by atoms with van der Waals surface area (Å²) in [5.74, 6) is 2.47. The van der Waals surface area contributed by atoms with Crippen molar-refractivity contribution in [3.8, 4) is 5.75 Å². The lowest BCUT2D eigenvalue weighted by Gasteiger charge is -2.27. The molecule has 1 aromatic heterocycles. The zero-order chi connectivity index (χ0) is 15.4. The summed E-state index contributed by atoms with van der Waals surface area (Å²) < 4.78 is 5.25. The highest BCUT2D eigenvalue weighted by molar-refractivity contribution is 5.59. The van der Waals surface area contributed by atoms with Crippen LogP contribution in [0.2, 0.25) is 0 Å². The van der Waals surface area contributed by atoms with Crippen LogP contribution in [-0.2, 0) is 0 Å². The van der Waals surface area contributed by atoms with Gasteiger partial charge >= 0.3 is 0 Å². The lowest BCUT2D eigenvalue weighted by molar-refractivity contribution is 0.415. The molecule has 0 amide bonds. The van der Waals surface area contributed by atoms with Crippen molar-refractivity contribution >= 4 is 17.5 Å². The molecule has 116 valence electrons. The summed E-state index contributed by atoms with van der Waals surface area (Å²) in [7, 11) is 1.67. The van der Waals surface area contributed by atoms with Crippen LogP contribution in [0.25, 0.3) is 0 Å². The molecule has 1 aliphatic rings. The summed E-state index contributed by atoms with van der Waals surface area (Å²) in [6.45, 7) is 4.09. The van der Waals surface area contributed by atoms with Gasteiger partial charge in [0.05, 0.1) is 7.11 Å². The molecule has 22 heavy (non-hydrogen) atoms. The Balaban J connectivity index is 1.82. The second-order valence-electron chi connectivity index (χ2n) is 5.60. The fourth-order valence-corrected chi connectivity index (χ4v) is 2.70. The van der Waals surface area contributed by atoms with E-state index in [1.807, 2.05) is 37.3 Å². The summed E-state index contributed by atoms with van der Waals surface area (Å²) in [4.78, 5) is 11.5. The van der Waals surface area contributed by atoms with Gasteiger partial charge in [-0.3, -0.25) is 0 Å². The maximum atomic E-state index is 5.25. The Morgan fingerprint density at radius 1 is 1.09 bits per heavy atom. The number of aromatic nitrogens is 2. The number of anilines is 3. The largest absolute Gasteiger partial charge is 0.497 e. The van der Waals surface area contributed by atoms with Crippen LogP contribution in [0, 0.1) is 6.92 Å². The molecule has 5 heteroatoms. The van der Waals surface area contributed by atoms with E-state index in [4.69, 9.17) is 4.74 Å². The number of benzene rings is 1. The third-order valence-electron chi connectivity index (χ3n) is 3.82. The Morgan fingerprint density at radius 2 is 1.91 bits per heavy atom. The molecule has 1 aromatic carbocycles. The van der Waals surface area contributed by atoms with Gasteiger partial charge in [-0.2, -0.15) is 4.98 Å². The molecular weight excluding hydrogens is 276 g/mol. The van der Waals surface area contributed by atoms with Gasteiger partial charge in [0, 0.05) is 36.6 Å². The SMILES string of the molecule is COc1cccc(Nc2cc(C)nc(N3CCCCC3)n2)c1. The summed E-state index contributed by atoms with van der Waals surface area (Å²) in [6.07, 6.45) is 3.74. The molecule has 0 aliphatic carbocycles. The van der Waals surface area contributed by atoms with Crippen LogP contribution >= 0.6 is 0 Å². The molecule has 0 radical (unpaired) electrons. The van der Waals surface area contributed by atoms with E-state index in [9.17, 15) is 0 Å². The summed E-state index contributed by atoms with van der Waals surface area (Å²) >= 11 is 0. The molecule has 1 N–H and O–H groups in total. The molecule has 0 bridgehead atoms. The second-order valence-corrected chi connectivity index (χ2v) is 5.60. The first-order valence-corrected chi connectivity index (χ1v) is 7.76. The Morgan fingerprint density at radius 3 is 2.68 bits per heavy atom. The summed E-state index contributed by atoms with van der Waals surface area (Å²) in [5, 5.41) is 3.34. The first-order chi connectivity index (χ1) is 10.7. The van der Waals surface area contributed by atoms with Crippen molar-refractivity contribution < 1.29 is 4.74 Å². The Bertz CT molecular complexity index is 638. The Labute approximate surface area is 131 Å². The van der Waals surface area contributed by atoms with Crippen molar-refractivity contribution in [2.24, 2.45) is 0 Å². The number of nitrogens with one attached hydrogen (secondary N) is 1. The lowest BCUT2D eigenvalue weighted by atomic mass is 10.1. The van der Waals surface area contributed by atoms with E-state index in [1.165, 1.54) is 19.3 Å². The van der Waals surface area contributed by atoms with Crippen molar-refractivity contribution in [3.05, 3.63) is 36.0 Å². The number of nitrogens with zero attached hydrogens (tertiary/aromatic N) is 3. The van der Waals surface area contributed by atoms with E-state index in [2.05, 4.69) is 20.2 Å². The van der Waals surface area contributed by atoms with E-state index >= 15 is 0 Å². The highest BCUT2D eigenvalue weighted by Gasteiger charge is 2.14. The fourth-order valence-electron chi connectivity index (χ4n) is 2.70. The molecule has 0 unspecified atom stereocenters.